The normalized spacial score (nSPS) is 12.7. The summed E-state index contributed by atoms with van der Waals surface area (Å²) in [6.45, 7) is 13.7. The lowest BCUT2D eigenvalue weighted by atomic mass is 9.91. The minimum absolute atomic E-state index is 0.580. The van der Waals surface area contributed by atoms with Crippen LogP contribution < -0.4 is 9.47 Å². The Hall–Kier alpha value is -2.51. The van der Waals surface area contributed by atoms with Crippen LogP contribution in [0.15, 0.2) is 72.1 Å². The molecule has 0 fully saturated rings. The van der Waals surface area contributed by atoms with E-state index in [2.05, 4.69) is 110 Å². The van der Waals surface area contributed by atoms with E-state index in [4.69, 9.17) is 31.6 Å². The van der Waals surface area contributed by atoms with Gasteiger partial charge in [0.1, 0.15) is 11.5 Å². The van der Waals surface area contributed by atoms with Gasteiger partial charge in [0.2, 0.25) is 0 Å². The van der Waals surface area contributed by atoms with Crippen molar-refractivity contribution in [1.29, 1.82) is 0 Å². The molecular weight excluding hydrogens is 543 g/mol. The first-order valence-corrected chi connectivity index (χ1v) is 21.3. The fraction of sp³-hybridized carbons (Fsp3) is 0.250. The monoisotopic (exact) mass is 578 g/mol. The summed E-state index contributed by atoms with van der Waals surface area (Å²) in [7, 11) is -3.63. The Balaban J connectivity index is 1.98. The van der Waals surface area contributed by atoms with E-state index in [1.807, 2.05) is 13.8 Å². The summed E-state index contributed by atoms with van der Waals surface area (Å²) in [4.78, 5) is 0. The van der Waals surface area contributed by atoms with Gasteiger partial charge in [0.25, 0.3) is 0 Å². The van der Waals surface area contributed by atoms with Gasteiger partial charge in [-0.15, -0.1) is 0 Å². The van der Waals surface area contributed by atoms with E-state index in [0.29, 0.717) is 13.2 Å². The lowest BCUT2D eigenvalue weighted by Gasteiger charge is -2.19. The van der Waals surface area contributed by atoms with Crippen molar-refractivity contribution >= 4 is 70.6 Å². The van der Waals surface area contributed by atoms with E-state index in [-0.39, 0.29) is 0 Å². The van der Waals surface area contributed by atoms with Gasteiger partial charge in [-0.25, -0.2) is 0 Å². The second-order valence-electron chi connectivity index (χ2n) is 10.5. The molecule has 0 radical (unpaired) electrons. The van der Waals surface area contributed by atoms with Crippen LogP contribution in [0, 0.1) is 0 Å². The highest BCUT2D eigenvalue weighted by Crippen LogP contribution is 2.46. The molecule has 4 rings (SSSR count). The molecule has 0 aliphatic heterocycles. The number of hydrogen-bond acceptors (Lipinski definition) is 2. The quantitative estimate of drug-likeness (QED) is 0.145. The summed E-state index contributed by atoms with van der Waals surface area (Å²) in [5, 5.41) is 4.55. The average molecular weight is 580 g/mol. The molecule has 0 unspecified atom stereocenters. The molecule has 198 valence electrons. The van der Waals surface area contributed by atoms with Crippen LogP contribution in [0.25, 0.3) is 44.8 Å². The van der Waals surface area contributed by atoms with Crippen molar-refractivity contribution < 1.29 is 9.47 Å². The highest BCUT2D eigenvalue weighted by molar-refractivity contribution is 7.22. The fourth-order valence-electron chi connectivity index (χ4n) is 4.52. The Morgan fingerprint density at radius 2 is 1.00 bits per heavy atom. The molecule has 6 heteroatoms. The predicted octanol–water partition coefficient (Wildman–Crippen LogP) is 10.4. The molecule has 0 aromatic heterocycles. The summed E-state index contributed by atoms with van der Waals surface area (Å²) in [6, 6.07) is 21.5. The van der Waals surface area contributed by atoms with Crippen molar-refractivity contribution in [2.45, 2.75) is 40.0 Å². The van der Waals surface area contributed by atoms with Gasteiger partial charge in [-0.3, -0.25) is 0 Å². The second-order valence-corrected chi connectivity index (χ2v) is 23.3. The Morgan fingerprint density at radius 3 is 1.34 bits per heavy atom. The number of ether oxygens (including phenoxy) is 2. The minimum Gasteiger partial charge on any atom is -0.493 e. The molecule has 0 atom stereocenters. The van der Waals surface area contributed by atoms with E-state index >= 15 is 0 Å². The van der Waals surface area contributed by atoms with Gasteiger partial charge in [0, 0.05) is 11.1 Å². The molecule has 0 saturated carbocycles. The molecular formula is C32H36Cl2O2Si2. The van der Waals surface area contributed by atoms with Crippen molar-refractivity contribution in [3.8, 4) is 22.6 Å². The Labute approximate surface area is 238 Å². The van der Waals surface area contributed by atoms with Crippen molar-refractivity contribution in [2.75, 3.05) is 13.2 Å². The highest BCUT2D eigenvalue weighted by Gasteiger charge is 2.20. The van der Waals surface area contributed by atoms with E-state index in [1.165, 1.54) is 0 Å². The first kappa shape index (κ1) is 28.5. The molecule has 38 heavy (non-hydrogen) atoms. The fourth-order valence-corrected chi connectivity index (χ4v) is 6.08. The third-order valence-electron chi connectivity index (χ3n) is 6.21. The molecule has 2 nitrogen and oxygen atoms in total. The molecule has 0 aliphatic rings. The van der Waals surface area contributed by atoms with Crippen molar-refractivity contribution in [2.24, 2.45) is 0 Å². The number of hydrogen-bond donors (Lipinski definition) is 0. The Bertz CT molecular complexity index is 1400. The number of halogens is 2. The predicted molar refractivity (Wildman–Crippen MR) is 174 cm³/mol. The second kappa shape index (κ2) is 11.7. The zero-order valence-corrected chi connectivity index (χ0v) is 26.6. The van der Waals surface area contributed by atoms with Gasteiger partial charge in [0.15, 0.2) is 14.8 Å². The summed E-state index contributed by atoms with van der Waals surface area (Å²) < 4.78 is 12.4. The van der Waals surface area contributed by atoms with E-state index in [1.54, 1.807) is 0 Å². The topological polar surface area (TPSA) is 18.5 Å². The third-order valence-corrected chi connectivity index (χ3v) is 8.88. The van der Waals surface area contributed by atoms with E-state index in [0.717, 1.165) is 55.3 Å². The Morgan fingerprint density at radius 1 is 0.605 bits per heavy atom. The van der Waals surface area contributed by atoms with E-state index in [9.17, 15) is 0 Å². The summed E-state index contributed by atoms with van der Waals surface area (Å²) in [5.74, 6) is 1.70. The molecule has 0 N–H and O–H groups in total. The van der Waals surface area contributed by atoms with E-state index < -0.39 is 14.8 Å². The summed E-state index contributed by atoms with van der Waals surface area (Å²) >= 11 is 13.1. The maximum absolute atomic E-state index is 6.53. The van der Waals surface area contributed by atoms with Gasteiger partial charge in [0.05, 0.1) is 13.2 Å². The van der Waals surface area contributed by atoms with Gasteiger partial charge in [-0.1, -0.05) is 86.1 Å². The van der Waals surface area contributed by atoms with Crippen LogP contribution in [0.5, 0.6) is 11.5 Å². The first-order valence-electron chi connectivity index (χ1n) is 13.1. The van der Waals surface area contributed by atoms with Crippen molar-refractivity contribution in [1.82, 2.24) is 0 Å². The maximum atomic E-state index is 6.53. The molecule has 0 amide bonds. The standard InChI is InChI=1S/C32H36Cl2O2Si2/c1-7-35-29-15-11-25-21-23(17-19-37(3,4)33)9-13-27(25)31(29)32-28-14-10-24(18-20-38(5,6)34)22-26(28)12-16-30(32)36-8-2/h9-22H,7-8H2,1-6H3/b19-17-,20-18+. The van der Waals surface area contributed by atoms with Crippen LogP contribution in [0.3, 0.4) is 0 Å². The number of benzene rings is 4. The average Bonchev–Trinajstić information content (AvgIpc) is 2.86. The Kier molecular flexibility index (Phi) is 8.78. The molecule has 0 aliphatic carbocycles. The van der Waals surface area contributed by atoms with Crippen LogP contribution in [-0.4, -0.2) is 28.0 Å². The third kappa shape index (κ3) is 6.92. The van der Waals surface area contributed by atoms with Gasteiger partial charge >= 0.3 is 0 Å². The van der Waals surface area contributed by atoms with Crippen LogP contribution in [0.4, 0.5) is 0 Å². The highest BCUT2D eigenvalue weighted by atomic mass is 35.6. The molecule has 4 aromatic carbocycles. The number of fused-ring (bicyclic) bond motifs is 2. The largest absolute Gasteiger partial charge is 0.493 e. The zero-order valence-electron chi connectivity index (χ0n) is 23.1. The molecule has 0 spiro atoms. The zero-order chi connectivity index (χ0) is 27.5. The van der Waals surface area contributed by atoms with Gasteiger partial charge < -0.3 is 9.47 Å². The maximum Gasteiger partial charge on any atom is 0.173 e. The summed E-state index contributed by atoms with van der Waals surface area (Å²) in [5.41, 5.74) is 8.70. The van der Waals surface area contributed by atoms with Crippen LogP contribution in [-0.2, 0) is 0 Å². The SMILES string of the molecule is CCOc1ccc2cc(/C=C\[Si](C)(C)Cl)ccc2c1-c1c(OCC)ccc2cc(/C=C/[Si](C)(C)Cl)ccc12. The minimum atomic E-state index is -1.81. The molecule has 0 bridgehead atoms. The molecule has 0 saturated heterocycles. The van der Waals surface area contributed by atoms with Crippen molar-refractivity contribution in [3.05, 3.63) is 83.2 Å². The first-order chi connectivity index (χ1) is 18.0. The van der Waals surface area contributed by atoms with Crippen LogP contribution >= 0.6 is 22.2 Å². The van der Waals surface area contributed by atoms with Gasteiger partial charge in [-0.05, 0) is 70.8 Å². The lowest BCUT2D eigenvalue weighted by molar-refractivity contribution is 0.337. The lowest BCUT2D eigenvalue weighted by Crippen LogP contribution is -2.11. The summed E-state index contributed by atoms with van der Waals surface area (Å²) in [6.07, 6.45) is 4.27. The van der Waals surface area contributed by atoms with Crippen molar-refractivity contribution in [3.63, 3.8) is 0 Å². The van der Waals surface area contributed by atoms with Crippen LogP contribution in [0.1, 0.15) is 25.0 Å². The van der Waals surface area contributed by atoms with Crippen LogP contribution in [0.2, 0.25) is 26.2 Å². The molecule has 4 aromatic rings. The number of rotatable bonds is 9. The molecule has 0 heterocycles. The van der Waals surface area contributed by atoms with Gasteiger partial charge in [-0.2, -0.15) is 22.2 Å². The smallest absolute Gasteiger partial charge is 0.173 e.